The molecule has 0 radical (unpaired) electrons. The van der Waals surface area contributed by atoms with Crippen LogP contribution in [0.2, 0.25) is 5.02 Å². The van der Waals surface area contributed by atoms with Crippen LogP contribution in [0.3, 0.4) is 0 Å². The predicted octanol–water partition coefficient (Wildman–Crippen LogP) is 5.03. The second-order valence-corrected chi connectivity index (χ2v) is 6.53. The maximum Gasteiger partial charge on any atom is 0.0734 e. The van der Waals surface area contributed by atoms with Gasteiger partial charge in [0.1, 0.15) is 0 Å². The van der Waals surface area contributed by atoms with E-state index in [1.54, 1.807) is 11.3 Å². The van der Waals surface area contributed by atoms with Gasteiger partial charge in [0.15, 0.2) is 0 Å². The minimum Gasteiger partial charge on any atom is -0.398 e. The van der Waals surface area contributed by atoms with Gasteiger partial charge >= 0.3 is 0 Å². The fourth-order valence-corrected chi connectivity index (χ4v) is 3.34. The lowest BCUT2D eigenvalue weighted by Crippen LogP contribution is -1.89. The molecule has 0 bridgehead atoms. The Bertz CT molecular complexity index is 529. The number of hydrogen-bond acceptors (Lipinski definition) is 2. The second-order valence-electron chi connectivity index (χ2n) is 3.76. The van der Waals surface area contributed by atoms with Crippen molar-refractivity contribution in [2.24, 2.45) is 0 Å². The van der Waals surface area contributed by atoms with Crippen LogP contribution < -0.4 is 5.73 Å². The fraction of sp³-hybridized carbons (Fsp3) is 0.167. The summed E-state index contributed by atoms with van der Waals surface area (Å²) in [5.41, 5.74) is 9.94. The van der Waals surface area contributed by atoms with Crippen molar-refractivity contribution in [2.45, 2.75) is 13.8 Å². The van der Waals surface area contributed by atoms with Gasteiger partial charge in [-0.25, -0.2) is 0 Å². The van der Waals surface area contributed by atoms with Crippen molar-refractivity contribution >= 4 is 44.6 Å². The number of thiophene rings is 1. The average molecular weight is 317 g/mol. The standard InChI is InChI=1S/C12H11BrClNS/c1-6-3-10(15)9(14)5-8(6)11-4-7(2)12(13)16-11/h3-5H,15H2,1-2H3. The molecular formula is C12H11BrClNS. The number of nitrogen functional groups attached to an aromatic ring is 1. The van der Waals surface area contributed by atoms with E-state index in [1.807, 2.05) is 19.1 Å². The SMILES string of the molecule is Cc1cc(N)c(Cl)cc1-c1cc(C)c(Br)s1. The summed E-state index contributed by atoms with van der Waals surface area (Å²) in [7, 11) is 0. The van der Waals surface area contributed by atoms with E-state index in [-0.39, 0.29) is 0 Å². The molecule has 0 unspecified atom stereocenters. The summed E-state index contributed by atoms with van der Waals surface area (Å²) in [6, 6.07) is 6.01. The first-order valence-corrected chi connectivity index (χ1v) is 6.79. The van der Waals surface area contributed by atoms with Crippen molar-refractivity contribution in [1.29, 1.82) is 0 Å². The molecule has 16 heavy (non-hydrogen) atoms. The lowest BCUT2D eigenvalue weighted by molar-refractivity contribution is 1.47. The number of halogens is 2. The van der Waals surface area contributed by atoms with Gasteiger partial charge in [-0.2, -0.15) is 0 Å². The van der Waals surface area contributed by atoms with E-state index in [9.17, 15) is 0 Å². The zero-order chi connectivity index (χ0) is 11.9. The van der Waals surface area contributed by atoms with Gasteiger partial charge in [-0.1, -0.05) is 11.6 Å². The summed E-state index contributed by atoms with van der Waals surface area (Å²) in [4.78, 5) is 1.21. The van der Waals surface area contributed by atoms with E-state index in [1.165, 1.54) is 10.4 Å². The van der Waals surface area contributed by atoms with Crippen LogP contribution in [0.15, 0.2) is 22.0 Å². The fourth-order valence-electron chi connectivity index (χ4n) is 1.56. The Kier molecular flexibility index (Phi) is 3.29. The lowest BCUT2D eigenvalue weighted by atomic mass is 10.1. The van der Waals surface area contributed by atoms with Crippen LogP contribution in [0.1, 0.15) is 11.1 Å². The molecule has 0 aliphatic carbocycles. The summed E-state index contributed by atoms with van der Waals surface area (Å²) in [6.07, 6.45) is 0. The Morgan fingerprint density at radius 3 is 2.44 bits per heavy atom. The normalized spacial score (nSPS) is 10.8. The number of hydrogen-bond donors (Lipinski definition) is 1. The smallest absolute Gasteiger partial charge is 0.0734 e. The van der Waals surface area contributed by atoms with E-state index < -0.39 is 0 Å². The van der Waals surface area contributed by atoms with Crippen molar-refractivity contribution in [2.75, 3.05) is 5.73 Å². The Balaban J connectivity index is 2.60. The average Bonchev–Trinajstić information content (AvgIpc) is 2.53. The summed E-state index contributed by atoms with van der Waals surface area (Å²) >= 11 is 11.3. The maximum atomic E-state index is 6.05. The quantitative estimate of drug-likeness (QED) is 0.734. The highest BCUT2D eigenvalue weighted by molar-refractivity contribution is 9.11. The molecular weight excluding hydrogens is 306 g/mol. The molecule has 0 amide bonds. The van der Waals surface area contributed by atoms with Crippen LogP contribution in [-0.2, 0) is 0 Å². The topological polar surface area (TPSA) is 26.0 Å². The number of rotatable bonds is 1. The highest BCUT2D eigenvalue weighted by Gasteiger charge is 2.10. The molecule has 2 N–H and O–H groups in total. The molecule has 0 atom stereocenters. The molecule has 0 aliphatic rings. The highest BCUT2D eigenvalue weighted by atomic mass is 79.9. The van der Waals surface area contributed by atoms with Gasteiger partial charge in [-0.3, -0.25) is 0 Å². The predicted molar refractivity (Wildman–Crippen MR) is 76.4 cm³/mol. The van der Waals surface area contributed by atoms with E-state index in [0.29, 0.717) is 10.7 Å². The van der Waals surface area contributed by atoms with Crippen LogP contribution in [0, 0.1) is 13.8 Å². The van der Waals surface area contributed by atoms with Gasteiger partial charge in [0.25, 0.3) is 0 Å². The largest absolute Gasteiger partial charge is 0.398 e. The molecule has 1 aromatic heterocycles. The Morgan fingerprint density at radius 1 is 1.19 bits per heavy atom. The van der Waals surface area contributed by atoms with Gasteiger partial charge in [-0.15, -0.1) is 11.3 Å². The molecule has 0 aliphatic heterocycles. The van der Waals surface area contributed by atoms with E-state index >= 15 is 0 Å². The first kappa shape index (κ1) is 12.0. The van der Waals surface area contributed by atoms with E-state index in [2.05, 4.69) is 28.9 Å². The van der Waals surface area contributed by atoms with Crippen molar-refractivity contribution in [3.63, 3.8) is 0 Å². The Hall–Kier alpha value is -0.510. The third kappa shape index (κ3) is 2.12. The zero-order valence-electron chi connectivity index (χ0n) is 8.97. The third-order valence-corrected chi connectivity index (χ3v) is 4.96. The molecule has 0 spiro atoms. The molecule has 84 valence electrons. The first-order valence-electron chi connectivity index (χ1n) is 4.81. The van der Waals surface area contributed by atoms with Crippen molar-refractivity contribution in [3.8, 4) is 10.4 Å². The number of nitrogens with two attached hydrogens (primary N) is 1. The molecule has 0 saturated heterocycles. The summed E-state index contributed by atoms with van der Waals surface area (Å²) < 4.78 is 1.16. The summed E-state index contributed by atoms with van der Waals surface area (Å²) in [6.45, 7) is 4.13. The minimum atomic E-state index is 0.614. The van der Waals surface area contributed by atoms with Crippen LogP contribution in [-0.4, -0.2) is 0 Å². The van der Waals surface area contributed by atoms with E-state index in [4.69, 9.17) is 17.3 Å². The van der Waals surface area contributed by atoms with Crippen molar-refractivity contribution in [1.82, 2.24) is 0 Å². The van der Waals surface area contributed by atoms with Crippen LogP contribution in [0.25, 0.3) is 10.4 Å². The van der Waals surface area contributed by atoms with Crippen molar-refractivity contribution < 1.29 is 0 Å². The monoisotopic (exact) mass is 315 g/mol. The Morgan fingerprint density at radius 2 is 1.88 bits per heavy atom. The van der Waals surface area contributed by atoms with Gasteiger partial charge in [0.05, 0.1) is 14.5 Å². The van der Waals surface area contributed by atoms with Gasteiger partial charge in [0, 0.05) is 4.88 Å². The summed E-state index contributed by atoms with van der Waals surface area (Å²) in [5.74, 6) is 0. The zero-order valence-corrected chi connectivity index (χ0v) is 12.1. The van der Waals surface area contributed by atoms with Gasteiger partial charge < -0.3 is 5.73 Å². The Labute approximate surface area is 112 Å². The number of aryl methyl sites for hydroxylation is 2. The molecule has 0 fully saturated rings. The van der Waals surface area contributed by atoms with Crippen LogP contribution >= 0.6 is 38.9 Å². The second kappa shape index (κ2) is 4.40. The van der Waals surface area contributed by atoms with Crippen LogP contribution in [0.5, 0.6) is 0 Å². The molecule has 1 aromatic carbocycles. The number of anilines is 1. The van der Waals surface area contributed by atoms with Crippen molar-refractivity contribution in [3.05, 3.63) is 38.1 Å². The number of benzene rings is 1. The summed E-state index contributed by atoms with van der Waals surface area (Å²) in [5, 5.41) is 0.614. The molecule has 2 aromatic rings. The molecule has 2 rings (SSSR count). The molecule has 1 nitrogen and oxygen atoms in total. The van der Waals surface area contributed by atoms with Gasteiger partial charge in [0.2, 0.25) is 0 Å². The van der Waals surface area contributed by atoms with Crippen LogP contribution in [0.4, 0.5) is 5.69 Å². The highest BCUT2D eigenvalue weighted by Crippen LogP contribution is 2.38. The third-order valence-electron chi connectivity index (χ3n) is 2.47. The first-order chi connectivity index (χ1) is 7.49. The lowest BCUT2D eigenvalue weighted by Gasteiger charge is -2.06. The van der Waals surface area contributed by atoms with E-state index in [0.717, 1.165) is 14.9 Å². The maximum absolute atomic E-state index is 6.05. The molecule has 1 heterocycles. The molecule has 0 saturated carbocycles. The van der Waals surface area contributed by atoms with Gasteiger partial charge in [-0.05, 0) is 64.7 Å². The molecule has 4 heteroatoms. The minimum absolute atomic E-state index is 0.614.